The van der Waals surface area contributed by atoms with Gasteiger partial charge in [0.15, 0.2) is 17.5 Å². The van der Waals surface area contributed by atoms with Crippen molar-refractivity contribution in [2.24, 2.45) is 0 Å². The van der Waals surface area contributed by atoms with Gasteiger partial charge in [-0.1, -0.05) is 25.1 Å². The number of phenolic OH excluding ortho intramolecular Hbond substituents is 1. The zero-order chi connectivity index (χ0) is 28.1. The first-order valence-electron chi connectivity index (χ1n) is 12.2. The van der Waals surface area contributed by atoms with Crippen LogP contribution in [-0.4, -0.2) is 49.9 Å². The van der Waals surface area contributed by atoms with Crippen LogP contribution in [0, 0.1) is 0 Å². The lowest BCUT2D eigenvalue weighted by Crippen LogP contribution is -3.00. The summed E-state index contributed by atoms with van der Waals surface area (Å²) in [5.74, 6) is 1.86. The molecule has 0 fully saturated rings. The van der Waals surface area contributed by atoms with E-state index >= 15 is 0 Å². The molecule has 0 radical (unpaired) electrons. The van der Waals surface area contributed by atoms with E-state index in [-0.39, 0.29) is 30.0 Å². The highest BCUT2D eigenvalue weighted by atomic mass is 35.5. The molecule has 0 spiro atoms. The van der Waals surface area contributed by atoms with Gasteiger partial charge in [-0.05, 0) is 59.1 Å². The van der Waals surface area contributed by atoms with E-state index in [9.17, 15) is 9.90 Å². The molecule has 1 amide bonds. The Balaban J connectivity index is 0.00000441. The quantitative estimate of drug-likeness (QED) is 0.258. The van der Waals surface area contributed by atoms with Crippen molar-refractivity contribution in [1.29, 1.82) is 0 Å². The SMILES string of the molecule is COc1ccc(-c2cnsc2-c2cc(OC)c(OC)c(OC)c2)cc1NC(=O)[C@@H]([NH3+])C(C)c1ccc(O)cc1.[Cl-]. The van der Waals surface area contributed by atoms with Crippen molar-refractivity contribution in [3.05, 3.63) is 66.4 Å². The number of benzene rings is 3. The van der Waals surface area contributed by atoms with Gasteiger partial charge in [0.25, 0.3) is 5.91 Å². The van der Waals surface area contributed by atoms with Crippen LogP contribution in [0.1, 0.15) is 18.4 Å². The number of ether oxygens (including phenoxy) is 4. The molecule has 0 aliphatic carbocycles. The smallest absolute Gasteiger partial charge is 0.283 e. The first kappa shape index (κ1) is 30.6. The van der Waals surface area contributed by atoms with Gasteiger partial charge >= 0.3 is 0 Å². The molecule has 4 aromatic rings. The molecule has 2 atom stereocenters. The Kier molecular flexibility index (Phi) is 10.2. The summed E-state index contributed by atoms with van der Waals surface area (Å²) in [6.07, 6.45) is 1.79. The molecule has 3 aromatic carbocycles. The van der Waals surface area contributed by atoms with Crippen molar-refractivity contribution in [2.45, 2.75) is 18.9 Å². The maximum atomic E-state index is 13.2. The highest BCUT2D eigenvalue weighted by Gasteiger charge is 2.27. The molecule has 1 aromatic heterocycles. The predicted molar refractivity (Wildman–Crippen MR) is 151 cm³/mol. The number of phenols is 1. The van der Waals surface area contributed by atoms with Crippen LogP contribution in [0.4, 0.5) is 5.69 Å². The van der Waals surface area contributed by atoms with Gasteiger partial charge in [0.1, 0.15) is 11.5 Å². The number of amides is 1. The van der Waals surface area contributed by atoms with Crippen LogP contribution >= 0.6 is 11.5 Å². The Morgan fingerprint density at radius 1 is 0.900 bits per heavy atom. The summed E-state index contributed by atoms with van der Waals surface area (Å²) in [5.41, 5.74) is 8.10. The third-order valence-electron chi connectivity index (χ3n) is 6.62. The number of hydrogen-bond acceptors (Lipinski definition) is 8. The van der Waals surface area contributed by atoms with Gasteiger partial charge in [0.05, 0.1) is 39.0 Å². The summed E-state index contributed by atoms with van der Waals surface area (Å²) >= 11 is 1.34. The van der Waals surface area contributed by atoms with Crippen LogP contribution in [0.2, 0.25) is 0 Å². The molecule has 0 saturated heterocycles. The van der Waals surface area contributed by atoms with Gasteiger partial charge in [-0.2, -0.15) is 4.37 Å². The van der Waals surface area contributed by atoms with Gasteiger partial charge in [-0.25, -0.2) is 0 Å². The van der Waals surface area contributed by atoms with E-state index in [2.05, 4.69) is 15.4 Å². The van der Waals surface area contributed by atoms with Crippen molar-refractivity contribution in [2.75, 3.05) is 33.8 Å². The third-order valence-corrected chi connectivity index (χ3v) is 7.47. The first-order chi connectivity index (χ1) is 18.8. The van der Waals surface area contributed by atoms with Gasteiger partial charge in [-0.15, -0.1) is 0 Å². The Labute approximate surface area is 243 Å². The molecule has 212 valence electrons. The molecule has 40 heavy (non-hydrogen) atoms. The van der Waals surface area contributed by atoms with E-state index < -0.39 is 6.04 Å². The molecule has 11 heteroatoms. The van der Waals surface area contributed by atoms with E-state index in [0.717, 1.165) is 27.1 Å². The molecule has 0 aliphatic rings. The summed E-state index contributed by atoms with van der Waals surface area (Å²) < 4.78 is 26.5. The number of quaternary nitrogens is 1. The Morgan fingerprint density at radius 2 is 1.52 bits per heavy atom. The van der Waals surface area contributed by atoms with E-state index in [1.807, 2.05) is 37.3 Å². The summed E-state index contributed by atoms with van der Waals surface area (Å²) in [6.45, 7) is 1.93. The maximum Gasteiger partial charge on any atom is 0.283 e. The normalized spacial score (nSPS) is 12.1. The molecule has 1 heterocycles. The van der Waals surface area contributed by atoms with Crippen molar-refractivity contribution in [3.8, 4) is 50.3 Å². The van der Waals surface area contributed by atoms with Gasteiger partial charge in [0.2, 0.25) is 5.75 Å². The second kappa shape index (κ2) is 13.4. The van der Waals surface area contributed by atoms with Crippen molar-refractivity contribution < 1.29 is 47.0 Å². The van der Waals surface area contributed by atoms with Crippen molar-refractivity contribution in [1.82, 2.24) is 4.37 Å². The standard InChI is InChI=1S/C29H31N3O6S.ClH/c1-16(17-6-9-20(33)10-7-17)26(30)29(34)32-22-12-18(8-11-23(22)35-2)21-15-31-39-28(21)19-13-24(36-3)27(38-5)25(14-19)37-4;/h6-16,26,33H,30H2,1-5H3,(H,32,34);1H/t16?,26-;/m0./s1. The van der Waals surface area contributed by atoms with Crippen LogP contribution in [-0.2, 0) is 4.79 Å². The zero-order valence-corrected chi connectivity index (χ0v) is 24.4. The average Bonchev–Trinajstić information content (AvgIpc) is 3.46. The maximum absolute atomic E-state index is 13.2. The number of carbonyl (C=O) groups excluding carboxylic acids is 1. The number of nitrogens with zero attached hydrogens (tertiary/aromatic N) is 1. The highest BCUT2D eigenvalue weighted by Crippen LogP contribution is 2.45. The minimum atomic E-state index is -0.583. The molecule has 4 rings (SSSR count). The first-order valence-corrected chi connectivity index (χ1v) is 12.9. The summed E-state index contributed by atoms with van der Waals surface area (Å²) in [6, 6.07) is 15.5. The lowest BCUT2D eigenvalue weighted by atomic mass is 9.93. The van der Waals surface area contributed by atoms with Gasteiger partial charge in [0, 0.05) is 23.2 Å². The van der Waals surface area contributed by atoms with Crippen LogP contribution in [0.15, 0.2) is 60.8 Å². The van der Waals surface area contributed by atoms with Crippen LogP contribution in [0.5, 0.6) is 28.7 Å². The molecule has 9 nitrogen and oxygen atoms in total. The summed E-state index contributed by atoms with van der Waals surface area (Å²) in [7, 11) is 6.27. The molecule has 0 saturated carbocycles. The minimum absolute atomic E-state index is 0. The fourth-order valence-electron chi connectivity index (χ4n) is 4.30. The second-order valence-electron chi connectivity index (χ2n) is 8.87. The van der Waals surface area contributed by atoms with Crippen LogP contribution < -0.4 is 42.4 Å². The number of halogens is 1. The molecular formula is C29H32ClN3O6S. The molecule has 0 bridgehead atoms. The summed E-state index contributed by atoms with van der Waals surface area (Å²) in [4.78, 5) is 14.1. The number of nitrogens with one attached hydrogen (secondary N) is 1. The number of rotatable bonds is 10. The number of aromatic hydroxyl groups is 1. The Bertz CT molecular complexity index is 1440. The topological polar surface area (TPSA) is 127 Å². The monoisotopic (exact) mass is 585 g/mol. The number of hydrogen-bond donors (Lipinski definition) is 3. The van der Waals surface area contributed by atoms with Crippen LogP contribution in [0.3, 0.4) is 0 Å². The van der Waals surface area contributed by atoms with Crippen LogP contribution in [0.25, 0.3) is 21.6 Å². The van der Waals surface area contributed by atoms with Gasteiger partial charge in [-0.3, -0.25) is 4.79 Å². The lowest BCUT2D eigenvalue weighted by Gasteiger charge is -2.18. The number of carbonyl (C=O) groups is 1. The molecule has 1 unspecified atom stereocenters. The Hall–Kier alpha value is -3.99. The van der Waals surface area contributed by atoms with E-state index in [1.165, 1.54) is 11.5 Å². The third kappa shape index (κ3) is 6.25. The van der Waals surface area contributed by atoms with Crippen molar-refractivity contribution >= 4 is 23.1 Å². The van der Waals surface area contributed by atoms with E-state index in [4.69, 9.17) is 18.9 Å². The minimum Gasteiger partial charge on any atom is -1.00 e. The second-order valence-corrected chi connectivity index (χ2v) is 9.68. The largest absolute Gasteiger partial charge is 1.00 e. The van der Waals surface area contributed by atoms with Crippen molar-refractivity contribution in [3.63, 3.8) is 0 Å². The highest BCUT2D eigenvalue weighted by molar-refractivity contribution is 7.10. The molecule has 5 N–H and O–H groups in total. The van der Waals surface area contributed by atoms with E-state index in [0.29, 0.717) is 28.7 Å². The lowest BCUT2D eigenvalue weighted by molar-refractivity contribution is -0.407. The predicted octanol–water partition coefficient (Wildman–Crippen LogP) is 1.57. The van der Waals surface area contributed by atoms with Gasteiger partial charge < -0.3 is 47.5 Å². The van der Waals surface area contributed by atoms with E-state index in [1.54, 1.807) is 58.9 Å². The number of anilines is 1. The number of aromatic nitrogens is 1. The fraction of sp³-hybridized carbons (Fsp3) is 0.241. The average molecular weight is 586 g/mol. The molecule has 0 aliphatic heterocycles. The Morgan fingerprint density at radius 3 is 2.10 bits per heavy atom. The number of methoxy groups -OCH3 is 4. The fourth-order valence-corrected chi connectivity index (χ4v) is 5.06. The summed E-state index contributed by atoms with van der Waals surface area (Å²) in [5, 5.41) is 12.6. The molecular weight excluding hydrogens is 554 g/mol. The zero-order valence-electron chi connectivity index (χ0n) is 22.9.